The van der Waals surface area contributed by atoms with E-state index in [2.05, 4.69) is 20.9 Å². The summed E-state index contributed by atoms with van der Waals surface area (Å²) in [5, 5.41) is 0. The van der Waals surface area contributed by atoms with Gasteiger partial charge in [0.1, 0.15) is 0 Å². The van der Waals surface area contributed by atoms with Crippen molar-refractivity contribution >= 4 is 21.7 Å². The number of nitrogens with zero attached hydrogens (tertiary/aromatic N) is 1. The van der Waals surface area contributed by atoms with Gasteiger partial charge in [-0.1, -0.05) is 22.0 Å². The van der Waals surface area contributed by atoms with Crippen molar-refractivity contribution < 1.29 is 4.79 Å². The molecule has 0 N–H and O–H groups in total. The first kappa shape index (κ1) is 12.0. The summed E-state index contributed by atoms with van der Waals surface area (Å²) in [6.45, 7) is 3.91. The highest BCUT2D eigenvalue weighted by molar-refractivity contribution is 9.10. The maximum atomic E-state index is 12.3. The van der Waals surface area contributed by atoms with Crippen LogP contribution < -0.4 is 0 Å². The molecule has 1 aromatic carbocycles. The van der Waals surface area contributed by atoms with E-state index in [0.717, 1.165) is 15.6 Å². The SMILES string of the molecule is Cc1ccc(C(=O)c2cnccc2C)c(Br)c1. The second-order valence-electron chi connectivity index (χ2n) is 4.00. The maximum Gasteiger partial charge on any atom is 0.195 e. The number of pyridine rings is 1. The predicted molar refractivity (Wildman–Crippen MR) is 71.3 cm³/mol. The fourth-order valence-corrected chi connectivity index (χ4v) is 2.32. The van der Waals surface area contributed by atoms with E-state index in [0.29, 0.717) is 11.1 Å². The van der Waals surface area contributed by atoms with Crippen LogP contribution in [0, 0.1) is 13.8 Å². The molecule has 0 aliphatic heterocycles. The molecular formula is C14H12BrNO. The van der Waals surface area contributed by atoms with Gasteiger partial charge in [-0.25, -0.2) is 0 Å². The number of ketones is 1. The molecule has 86 valence electrons. The minimum Gasteiger partial charge on any atom is -0.288 e. The van der Waals surface area contributed by atoms with Gasteiger partial charge in [0.25, 0.3) is 0 Å². The highest BCUT2D eigenvalue weighted by Crippen LogP contribution is 2.22. The quantitative estimate of drug-likeness (QED) is 0.789. The summed E-state index contributed by atoms with van der Waals surface area (Å²) in [6, 6.07) is 7.56. The number of rotatable bonds is 2. The van der Waals surface area contributed by atoms with Crippen molar-refractivity contribution in [2.45, 2.75) is 13.8 Å². The topological polar surface area (TPSA) is 30.0 Å². The van der Waals surface area contributed by atoms with Crippen molar-refractivity contribution in [3.8, 4) is 0 Å². The number of aromatic nitrogens is 1. The molecule has 3 heteroatoms. The lowest BCUT2D eigenvalue weighted by Gasteiger charge is -2.06. The summed E-state index contributed by atoms with van der Waals surface area (Å²) in [5.41, 5.74) is 3.39. The van der Waals surface area contributed by atoms with Gasteiger partial charge in [0.15, 0.2) is 5.78 Å². The van der Waals surface area contributed by atoms with E-state index in [1.54, 1.807) is 12.4 Å². The Morgan fingerprint density at radius 3 is 2.59 bits per heavy atom. The standard InChI is InChI=1S/C14H12BrNO/c1-9-3-4-11(13(15)7-9)14(17)12-8-16-6-5-10(12)2/h3-8H,1-2H3. The third-order valence-corrected chi connectivity index (χ3v) is 3.31. The molecule has 0 bridgehead atoms. The molecular weight excluding hydrogens is 278 g/mol. The molecule has 0 saturated carbocycles. The van der Waals surface area contributed by atoms with Crippen LogP contribution in [0.15, 0.2) is 41.1 Å². The molecule has 0 spiro atoms. The zero-order valence-corrected chi connectivity index (χ0v) is 11.3. The fourth-order valence-electron chi connectivity index (χ4n) is 1.65. The zero-order valence-electron chi connectivity index (χ0n) is 9.70. The molecule has 0 atom stereocenters. The molecule has 2 aromatic rings. The number of aryl methyl sites for hydroxylation is 2. The van der Waals surface area contributed by atoms with Gasteiger partial charge in [-0.3, -0.25) is 9.78 Å². The molecule has 2 rings (SSSR count). The molecule has 1 heterocycles. The van der Waals surface area contributed by atoms with Crippen LogP contribution in [0.1, 0.15) is 27.0 Å². The van der Waals surface area contributed by atoms with Crippen LogP contribution in [0.25, 0.3) is 0 Å². The van der Waals surface area contributed by atoms with E-state index in [9.17, 15) is 4.79 Å². The molecule has 17 heavy (non-hydrogen) atoms. The lowest BCUT2D eigenvalue weighted by atomic mass is 10.0. The predicted octanol–water partition coefficient (Wildman–Crippen LogP) is 3.69. The third-order valence-electron chi connectivity index (χ3n) is 2.65. The van der Waals surface area contributed by atoms with Crippen LogP contribution in [0.4, 0.5) is 0 Å². The van der Waals surface area contributed by atoms with E-state index in [1.807, 2.05) is 38.1 Å². The summed E-state index contributed by atoms with van der Waals surface area (Å²) in [4.78, 5) is 16.3. The number of carbonyl (C=O) groups excluding carboxylic acids is 1. The minimum absolute atomic E-state index is 0.00229. The van der Waals surface area contributed by atoms with Crippen LogP contribution in [0.5, 0.6) is 0 Å². The van der Waals surface area contributed by atoms with Gasteiger partial charge in [0.2, 0.25) is 0 Å². The van der Waals surface area contributed by atoms with Gasteiger partial charge in [-0.05, 0) is 43.2 Å². The Hall–Kier alpha value is -1.48. The van der Waals surface area contributed by atoms with Gasteiger partial charge < -0.3 is 0 Å². The van der Waals surface area contributed by atoms with Crippen molar-refractivity contribution in [1.82, 2.24) is 4.98 Å². The van der Waals surface area contributed by atoms with Crippen molar-refractivity contribution in [3.05, 3.63) is 63.4 Å². The first-order valence-electron chi connectivity index (χ1n) is 5.31. The smallest absolute Gasteiger partial charge is 0.195 e. The van der Waals surface area contributed by atoms with Gasteiger partial charge in [-0.2, -0.15) is 0 Å². The molecule has 0 aliphatic carbocycles. The van der Waals surface area contributed by atoms with Crippen LogP contribution in [-0.2, 0) is 0 Å². The molecule has 0 unspecified atom stereocenters. The van der Waals surface area contributed by atoms with Crippen molar-refractivity contribution in [2.75, 3.05) is 0 Å². The van der Waals surface area contributed by atoms with Crippen LogP contribution in [0.2, 0.25) is 0 Å². The van der Waals surface area contributed by atoms with E-state index in [1.165, 1.54) is 0 Å². The number of carbonyl (C=O) groups is 1. The second-order valence-corrected chi connectivity index (χ2v) is 4.86. The molecule has 0 fully saturated rings. The minimum atomic E-state index is 0.00229. The van der Waals surface area contributed by atoms with Crippen LogP contribution >= 0.6 is 15.9 Å². The maximum absolute atomic E-state index is 12.3. The summed E-state index contributed by atoms with van der Waals surface area (Å²) in [6.07, 6.45) is 3.31. The van der Waals surface area contributed by atoms with Gasteiger partial charge >= 0.3 is 0 Å². The Kier molecular flexibility index (Phi) is 3.38. The fraction of sp³-hybridized carbons (Fsp3) is 0.143. The molecule has 2 nitrogen and oxygen atoms in total. The largest absolute Gasteiger partial charge is 0.288 e. The van der Waals surface area contributed by atoms with E-state index in [4.69, 9.17) is 0 Å². The highest BCUT2D eigenvalue weighted by atomic mass is 79.9. The average molecular weight is 290 g/mol. The molecule has 0 amide bonds. The van der Waals surface area contributed by atoms with Crippen molar-refractivity contribution in [2.24, 2.45) is 0 Å². The lowest BCUT2D eigenvalue weighted by molar-refractivity contribution is 0.103. The first-order chi connectivity index (χ1) is 8.09. The average Bonchev–Trinajstić information content (AvgIpc) is 2.29. The van der Waals surface area contributed by atoms with E-state index in [-0.39, 0.29) is 5.78 Å². The summed E-state index contributed by atoms with van der Waals surface area (Å²) in [7, 11) is 0. The second kappa shape index (κ2) is 4.80. The van der Waals surface area contributed by atoms with E-state index < -0.39 is 0 Å². The Balaban J connectivity index is 2.48. The number of halogens is 1. The third kappa shape index (κ3) is 2.44. The normalized spacial score (nSPS) is 10.3. The lowest BCUT2D eigenvalue weighted by Crippen LogP contribution is -2.05. The van der Waals surface area contributed by atoms with Crippen molar-refractivity contribution in [3.63, 3.8) is 0 Å². The summed E-state index contributed by atoms with van der Waals surface area (Å²) in [5.74, 6) is 0.00229. The molecule has 1 aromatic heterocycles. The summed E-state index contributed by atoms with van der Waals surface area (Å²) < 4.78 is 0.825. The Morgan fingerprint density at radius 2 is 1.94 bits per heavy atom. The Bertz CT molecular complexity index is 578. The Morgan fingerprint density at radius 1 is 1.18 bits per heavy atom. The number of hydrogen-bond donors (Lipinski definition) is 0. The van der Waals surface area contributed by atoms with Crippen molar-refractivity contribution in [1.29, 1.82) is 0 Å². The van der Waals surface area contributed by atoms with E-state index >= 15 is 0 Å². The van der Waals surface area contributed by atoms with Gasteiger partial charge in [-0.15, -0.1) is 0 Å². The monoisotopic (exact) mass is 289 g/mol. The Labute approximate surface area is 109 Å². The van der Waals surface area contributed by atoms with Gasteiger partial charge in [0.05, 0.1) is 0 Å². The molecule has 0 radical (unpaired) electrons. The van der Waals surface area contributed by atoms with Crippen LogP contribution in [0.3, 0.4) is 0 Å². The van der Waals surface area contributed by atoms with Crippen LogP contribution in [-0.4, -0.2) is 10.8 Å². The first-order valence-corrected chi connectivity index (χ1v) is 6.10. The van der Waals surface area contributed by atoms with Gasteiger partial charge in [0, 0.05) is 28.0 Å². The number of benzene rings is 1. The zero-order chi connectivity index (χ0) is 12.4. The molecule has 0 aliphatic rings. The highest BCUT2D eigenvalue weighted by Gasteiger charge is 2.14. The summed E-state index contributed by atoms with van der Waals surface area (Å²) >= 11 is 3.43. The molecule has 0 saturated heterocycles. The number of hydrogen-bond acceptors (Lipinski definition) is 2.